The number of Topliss-reactive ketones (excluding diaryl/α,β-unsaturated/α-hetero) is 1. The summed E-state index contributed by atoms with van der Waals surface area (Å²) < 4.78 is 26.9. The highest BCUT2D eigenvalue weighted by molar-refractivity contribution is 7.92. The van der Waals surface area contributed by atoms with Crippen LogP contribution in [0.4, 0.5) is 4.79 Å². The highest BCUT2D eigenvalue weighted by atomic mass is 32.2. The van der Waals surface area contributed by atoms with Crippen molar-refractivity contribution >= 4 is 39.4 Å². The first-order valence-corrected chi connectivity index (χ1v) is 19.8. The van der Waals surface area contributed by atoms with Gasteiger partial charge in [-0.1, -0.05) is 72.1 Å². The van der Waals surface area contributed by atoms with E-state index in [0.29, 0.717) is 12.8 Å². The number of piperidine rings is 1. The van der Waals surface area contributed by atoms with Crippen LogP contribution in [-0.2, 0) is 29.0 Å². The smallest absolute Gasteiger partial charge is 0.315 e. The first-order chi connectivity index (χ1) is 24.3. The first kappa shape index (κ1) is 42.3. The average molecular weight is 743 g/mol. The van der Waals surface area contributed by atoms with Crippen molar-refractivity contribution in [2.45, 2.75) is 115 Å². The second-order valence-corrected chi connectivity index (χ2v) is 18.4. The van der Waals surface area contributed by atoms with Gasteiger partial charge in [0.05, 0.1) is 22.6 Å². The summed E-state index contributed by atoms with van der Waals surface area (Å²) in [6, 6.07) is -3.92. The van der Waals surface area contributed by atoms with Gasteiger partial charge in [-0.3, -0.25) is 19.2 Å². The van der Waals surface area contributed by atoms with Gasteiger partial charge in [-0.15, -0.1) is 18.9 Å². The molecule has 0 spiro atoms. The summed E-state index contributed by atoms with van der Waals surface area (Å²) in [6.45, 7) is 14.9. The van der Waals surface area contributed by atoms with Crippen LogP contribution in [0, 0.1) is 35.0 Å². The molecule has 14 heteroatoms. The molecule has 3 aliphatic rings. The molecule has 13 nitrogen and oxygen atoms in total. The number of urea groups is 1. The highest BCUT2D eigenvalue weighted by Gasteiger charge is 2.70. The van der Waals surface area contributed by atoms with E-state index in [4.69, 9.17) is 12.2 Å². The van der Waals surface area contributed by atoms with Crippen molar-refractivity contribution in [1.82, 2.24) is 26.2 Å². The van der Waals surface area contributed by atoms with Crippen LogP contribution < -0.4 is 27.0 Å². The van der Waals surface area contributed by atoms with E-state index in [1.807, 2.05) is 13.8 Å². The van der Waals surface area contributed by atoms with Gasteiger partial charge in [-0.2, -0.15) is 0 Å². The lowest BCUT2D eigenvalue weighted by molar-refractivity contribution is -0.145. The third-order valence-corrected chi connectivity index (χ3v) is 13.1. The van der Waals surface area contributed by atoms with Crippen LogP contribution in [0.5, 0.6) is 0 Å². The Morgan fingerprint density at radius 3 is 2.31 bits per heavy atom. The number of ketones is 1. The summed E-state index contributed by atoms with van der Waals surface area (Å²) in [5.41, 5.74) is 3.28. The zero-order chi connectivity index (χ0) is 39.1. The number of nitrogens with one attached hydrogen (secondary N) is 4. The van der Waals surface area contributed by atoms with Crippen molar-refractivity contribution in [3.05, 3.63) is 37.1 Å². The zero-order valence-corrected chi connectivity index (χ0v) is 32.3. The van der Waals surface area contributed by atoms with E-state index in [9.17, 15) is 32.4 Å². The summed E-state index contributed by atoms with van der Waals surface area (Å²) in [5, 5.41) is 10.2. The third kappa shape index (κ3) is 10.1. The SMILES string of the molecule is C#CCCC(NC(=O)[C@@H]1C2C(CN1C(=O)[C@@H](NC(=O)NC1(CS(=O)(=O)C(C)/C=C/C=C/N)CCCCC1)C(C)(C)C)C2(C)C)C(=O)C(=O)NCC=C. The zero-order valence-electron chi connectivity index (χ0n) is 31.5. The Balaban J connectivity index is 1.86. The fourth-order valence-corrected chi connectivity index (χ4v) is 9.38. The molecule has 3 fully saturated rings. The number of terminal acetylenes is 1. The largest absolute Gasteiger partial charge is 0.405 e. The van der Waals surface area contributed by atoms with Gasteiger partial charge in [0.1, 0.15) is 12.1 Å². The molecule has 0 bridgehead atoms. The number of hydrogen-bond donors (Lipinski definition) is 5. The number of carbonyl (C=O) groups is 5. The minimum absolute atomic E-state index is 0.00416. The molecule has 1 heterocycles. The van der Waals surface area contributed by atoms with Gasteiger partial charge >= 0.3 is 6.03 Å². The molecule has 2 aliphatic carbocycles. The molecule has 4 unspecified atom stereocenters. The number of sulfone groups is 1. The Bertz CT molecular complexity index is 1580. The molecule has 52 heavy (non-hydrogen) atoms. The average Bonchev–Trinajstić information content (AvgIpc) is 3.37. The normalized spacial score (nSPS) is 23.8. The number of nitrogens with zero attached hydrogens (tertiary/aromatic N) is 1. The minimum atomic E-state index is -3.68. The number of fused-ring (bicyclic) bond motifs is 1. The lowest BCUT2D eigenvalue weighted by Crippen LogP contribution is -2.64. The van der Waals surface area contributed by atoms with Gasteiger partial charge in [-0.25, -0.2) is 13.2 Å². The second-order valence-electron chi connectivity index (χ2n) is 16.1. The second kappa shape index (κ2) is 17.1. The molecule has 3 rings (SSSR count). The molecule has 0 aromatic rings. The maximum Gasteiger partial charge on any atom is 0.315 e. The standard InChI is InChI=1S/C38H58N6O7S/c1-9-11-18-27(30(45)33(47)40-22-10-2)41-32(46)29-28-26(37(28,7)8)23-44(29)34(48)31(36(4,5)6)42-35(49)43-38(19-14-12-15-20-38)24-52(50,51)25(3)17-13-16-21-39/h1,10,13,16-17,21,25-29,31H,2,11-12,14-15,18-20,22-24,39H2,3-8H3,(H,40,47)(H,41,46)(H2,42,43,49)/b17-13+,21-16+/t25?,26?,27?,28?,29-,31+/m0/s1. The van der Waals surface area contributed by atoms with Crippen LogP contribution in [0.3, 0.4) is 0 Å². The van der Waals surface area contributed by atoms with Crippen LogP contribution in [0.2, 0.25) is 0 Å². The topological polar surface area (TPSA) is 197 Å². The number of carbonyl (C=O) groups excluding carboxylic acids is 5. The quantitative estimate of drug-likeness (QED) is 0.0688. The fourth-order valence-electron chi connectivity index (χ4n) is 7.65. The van der Waals surface area contributed by atoms with Gasteiger partial charge in [0.15, 0.2) is 9.84 Å². The Morgan fingerprint density at radius 2 is 1.73 bits per heavy atom. The van der Waals surface area contributed by atoms with Gasteiger partial charge in [0.2, 0.25) is 17.6 Å². The Labute approximate surface area is 309 Å². The van der Waals surface area contributed by atoms with E-state index >= 15 is 0 Å². The molecule has 1 saturated heterocycles. The van der Waals surface area contributed by atoms with E-state index in [1.165, 1.54) is 23.3 Å². The van der Waals surface area contributed by atoms with Crippen LogP contribution in [0.25, 0.3) is 0 Å². The number of nitrogens with two attached hydrogens (primary N) is 1. The maximum atomic E-state index is 14.5. The van der Waals surface area contributed by atoms with E-state index in [2.05, 4.69) is 33.8 Å². The van der Waals surface area contributed by atoms with E-state index in [0.717, 1.165) is 19.3 Å². The van der Waals surface area contributed by atoms with Crippen LogP contribution >= 0.6 is 0 Å². The maximum absolute atomic E-state index is 14.5. The Kier molecular flexibility index (Phi) is 13.9. The van der Waals surface area contributed by atoms with E-state index in [1.54, 1.807) is 39.8 Å². The number of hydrogen-bond acceptors (Lipinski definition) is 8. The molecule has 0 radical (unpaired) electrons. The van der Waals surface area contributed by atoms with Gasteiger partial charge in [0, 0.05) is 19.5 Å². The number of amides is 5. The van der Waals surface area contributed by atoms with Crippen LogP contribution in [0.15, 0.2) is 37.1 Å². The van der Waals surface area contributed by atoms with Crippen LogP contribution in [0.1, 0.15) is 86.5 Å². The van der Waals surface area contributed by atoms with Gasteiger partial charge in [-0.05, 0) is 61.1 Å². The highest BCUT2D eigenvalue weighted by Crippen LogP contribution is 2.65. The van der Waals surface area contributed by atoms with Crippen molar-refractivity contribution in [2.24, 2.45) is 28.4 Å². The molecule has 5 amide bonds. The summed E-state index contributed by atoms with van der Waals surface area (Å²) in [7, 11) is -3.68. The molecule has 6 N–H and O–H groups in total. The molecule has 2 saturated carbocycles. The Hall–Kier alpha value is -4.12. The molecule has 0 aromatic carbocycles. The first-order valence-electron chi connectivity index (χ1n) is 18.1. The minimum Gasteiger partial charge on any atom is -0.405 e. The summed E-state index contributed by atoms with van der Waals surface area (Å²) in [5.74, 6) is -0.819. The molecular formula is C38H58N6O7S. The molecule has 288 valence electrons. The van der Waals surface area contributed by atoms with Gasteiger partial charge < -0.3 is 31.9 Å². The van der Waals surface area contributed by atoms with Crippen molar-refractivity contribution in [1.29, 1.82) is 0 Å². The van der Waals surface area contributed by atoms with Crippen molar-refractivity contribution in [2.75, 3.05) is 18.8 Å². The third-order valence-electron chi connectivity index (χ3n) is 10.8. The summed E-state index contributed by atoms with van der Waals surface area (Å²) >= 11 is 0. The molecule has 6 atom stereocenters. The lowest BCUT2D eigenvalue weighted by atomic mass is 9.83. The number of likely N-dealkylation sites (tertiary alicyclic amines) is 1. The molecule has 1 aliphatic heterocycles. The number of rotatable bonds is 16. The van der Waals surface area contributed by atoms with Crippen molar-refractivity contribution in [3.63, 3.8) is 0 Å². The predicted molar refractivity (Wildman–Crippen MR) is 201 cm³/mol. The lowest BCUT2D eigenvalue weighted by Gasteiger charge is -2.41. The van der Waals surface area contributed by atoms with E-state index in [-0.39, 0.29) is 48.9 Å². The number of allylic oxidation sites excluding steroid dienone is 2. The predicted octanol–water partition coefficient (Wildman–Crippen LogP) is 2.49. The molecule has 0 aromatic heterocycles. The summed E-state index contributed by atoms with van der Waals surface area (Å²) in [6.07, 6.45) is 16.3. The van der Waals surface area contributed by atoms with E-state index < -0.39 is 73.7 Å². The Morgan fingerprint density at radius 1 is 1.08 bits per heavy atom. The fraction of sp³-hybridized carbons (Fsp3) is 0.658. The van der Waals surface area contributed by atoms with Crippen molar-refractivity contribution < 1.29 is 32.4 Å². The molecular weight excluding hydrogens is 685 g/mol. The van der Waals surface area contributed by atoms with Crippen molar-refractivity contribution in [3.8, 4) is 12.3 Å². The summed E-state index contributed by atoms with van der Waals surface area (Å²) in [4.78, 5) is 69.4. The van der Waals surface area contributed by atoms with Gasteiger partial charge in [0.25, 0.3) is 5.91 Å². The monoisotopic (exact) mass is 742 g/mol. The van der Waals surface area contributed by atoms with Crippen LogP contribution in [-0.4, -0.2) is 90.6 Å².